The van der Waals surface area contributed by atoms with Gasteiger partial charge in [0.1, 0.15) is 5.01 Å². The first-order valence-electron chi connectivity index (χ1n) is 3.75. The van der Waals surface area contributed by atoms with Crippen LogP contribution in [-0.2, 0) is 0 Å². The van der Waals surface area contributed by atoms with Crippen molar-refractivity contribution in [3.63, 3.8) is 0 Å². The second kappa shape index (κ2) is 2.53. The van der Waals surface area contributed by atoms with Gasteiger partial charge in [-0.2, -0.15) is 5.10 Å². The smallest absolute Gasteiger partial charge is 0.212 e. The zero-order valence-corrected chi connectivity index (χ0v) is 7.80. The molecule has 5 heteroatoms. The molecule has 2 aromatic heterocycles. The number of rotatable bonds is 1. The summed E-state index contributed by atoms with van der Waals surface area (Å²) < 4.78 is 1.78. The molecule has 0 bridgehead atoms. The van der Waals surface area contributed by atoms with Gasteiger partial charge in [0.2, 0.25) is 4.96 Å². The Morgan fingerprint density at radius 1 is 1.67 bits per heavy atom. The number of aryl methyl sites for hydroxylation is 1. The fraction of sp³-hybridized carbons (Fsp3) is 0.429. The normalized spacial score (nSPS) is 13.9. The SMILES string of the molecule is Cc1cn2nc(C(C)N)sc2n1. The largest absolute Gasteiger partial charge is 0.322 e. The molecule has 0 aliphatic rings. The molecular weight excluding hydrogens is 172 g/mol. The highest BCUT2D eigenvalue weighted by molar-refractivity contribution is 7.16. The van der Waals surface area contributed by atoms with Gasteiger partial charge in [-0.1, -0.05) is 11.3 Å². The van der Waals surface area contributed by atoms with Crippen molar-refractivity contribution in [2.75, 3.05) is 0 Å². The van der Waals surface area contributed by atoms with E-state index in [0.717, 1.165) is 15.7 Å². The molecule has 2 rings (SSSR count). The molecule has 0 radical (unpaired) electrons. The van der Waals surface area contributed by atoms with Gasteiger partial charge in [0.15, 0.2) is 0 Å². The average Bonchev–Trinajstić information content (AvgIpc) is 2.42. The Hall–Kier alpha value is -0.940. The summed E-state index contributed by atoms with van der Waals surface area (Å²) in [4.78, 5) is 5.20. The number of hydrogen-bond donors (Lipinski definition) is 1. The molecule has 2 heterocycles. The summed E-state index contributed by atoms with van der Waals surface area (Å²) in [7, 11) is 0. The lowest BCUT2D eigenvalue weighted by Gasteiger charge is -1.94. The quantitative estimate of drug-likeness (QED) is 0.719. The minimum Gasteiger partial charge on any atom is -0.322 e. The first-order chi connectivity index (χ1) is 5.66. The highest BCUT2D eigenvalue weighted by Gasteiger charge is 2.08. The first kappa shape index (κ1) is 7.70. The predicted molar refractivity (Wildman–Crippen MR) is 48.2 cm³/mol. The van der Waals surface area contributed by atoms with Crippen LogP contribution in [0, 0.1) is 6.92 Å². The van der Waals surface area contributed by atoms with Crippen LogP contribution in [0.25, 0.3) is 4.96 Å². The van der Waals surface area contributed by atoms with E-state index in [0.29, 0.717) is 0 Å². The van der Waals surface area contributed by atoms with E-state index in [9.17, 15) is 0 Å². The lowest BCUT2D eigenvalue weighted by molar-refractivity contribution is 0.769. The van der Waals surface area contributed by atoms with E-state index in [1.807, 2.05) is 20.0 Å². The number of nitrogens with zero attached hydrogens (tertiary/aromatic N) is 3. The lowest BCUT2D eigenvalue weighted by Crippen LogP contribution is -2.04. The third-order valence-electron chi connectivity index (χ3n) is 1.57. The van der Waals surface area contributed by atoms with E-state index in [2.05, 4.69) is 10.1 Å². The van der Waals surface area contributed by atoms with E-state index in [-0.39, 0.29) is 6.04 Å². The Labute approximate surface area is 74.0 Å². The van der Waals surface area contributed by atoms with Gasteiger partial charge in [-0.05, 0) is 13.8 Å². The summed E-state index contributed by atoms with van der Waals surface area (Å²) >= 11 is 1.54. The fourth-order valence-corrected chi connectivity index (χ4v) is 1.89. The van der Waals surface area contributed by atoms with Crippen LogP contribution in [0.2, 0.25) is 0 Å². The molecule has 64 valence electrons. The number of aromatic nitrogens is 3. The van der Waals surface area contributed by atoms with Crippen molar-refractivity contribution in [1.82, 2.24) is 14.6 Å². The Morgan fingerprint density at radius 2 is 2.42 bits per heavy atom. The van der Waals surface area contributed by atoms with Gasteiger partial charge in [-0.25, -0.2) is 9.50 Å². The standard InChI is InChI=1S/C7H10N4S/c1-4-3-11-7(9-4)12-6(10-11)5(2)8/h3,5H,8H2,1-2H3. The number of nitrogens with two attached hydrogens (primary N) is 1. The summed E-state index contributed by atoms with van der Waals surface area (Å²) in [6.45, 7) is 3.87. The van der Waals surface area contributed by atoms with E-state index in [1.54, 1.807) is 15.9 Å². The second-order valence-electron chi connectivity index (χ2n) is 2.84. The van der Waals surface area contributed by atoms with E-state index in [4.69, 9.17) is 5.73 Å². The third kappa shape index (κ3) is 1.11. The van der Waals surface area contributed by atoms with Crippen LogP contribution < -0.4 is 5.73 Å². The molecule has 0 amide bonds. The van der Waals surface area contributed by atoms with Crippen LogP contribution in [0.3, 0.4) is 0 Å². The molecule has 0 aliphatic heterocycles. The van der Waals surface area contributed by atoms with Gasteiger partial charge < -0.3 is 5.73 Å². The molecule has 0 fully saturated rings. The van der Waals surface area contributed by atoms with Crippen LogP contribution in [-0.4, -0.2) is 14.6 Å². The topological polar surface area (TPSA) is 56.2 Å². The highest BCUT2D eigenvalue weighted by atomic mass is 32.1. The molecule has 0 saturated carbocycles. The van der Waals surface area contributed by atoms with Gasteiger partial charge in [-0.3, -0.25) is 0 Å². The van der Waals surface area contributed by atoms with Gasteiger partial charge in [0.05, 0.1) is 17.9 Å². The number of hydrogen-bond acceptors (Lipinski definition) is 4. The zero-order chi connectivity index (χ0) is 8.72. The minimum atomic E-state index is -0.00277. The maximum atomic E-state index is 5.68. The molecule has 0 aliphatic carbocycles. The molecular formula is C7H10N4S. The van der Waals surface area contributed by atoms with Crippen molar-refractivity contribution in [3.05, 3.63) is 16.9 Å². The number of fused-ring (bicyclic) bond motifs is 1. The molecule has 2 aromatic rings. The van der Waals surface area contributed by atoms with Crippen LogP contribution in [0.4, 0.5) is 0 Å². The van der Waals surface area contributed by atoms with Gasteiger partial charge in [-0.15, -0.1) is 0 Å². The molecule has 0 saturated heterocycles. The van der Waals surface area contributed by atoms with Crippen LogP contribution in [0.1, 0.15) is 23.7 Å². The molecule has 4 nitrogen and oxygen atoms in total. The summed E-state index contributed by atoms with van der Waals surface area (Å²) in [5, 5.41) is 5.21. The van der Waals surface area contributed by atoms with Crippen molar-refractivity contribution >= 4 is 16.3 Å². The van der Waals surface area contributed by atoms with Crippen molar-refractivity contribution in [3.8, 4) is 0 Å². The summed E-state index contributed by atoms with van der Waals surface area (Å²) in [6, 6.07) is -0.00277. The molecule has 2 N–H and O–H groups in total. The Kier molecular flexibility index (Phi) is 1.62. The third-order valence-corrected chi connectivity index (χ3v) is 2.69. The summed E-state index contributed by atoms with van der Waals surface area (Å²) in [5.41, 5.74) is 6.67. The van der Waals surface area contributed by atoms with Gasteiger partial charge >= 0.3 is 0 Å². The van der Waals surface area contributed by atoms with Crippen molar-refractivity contribution in [1.29, 1.82) is 0 Å². The van der Waals surface area contributed by atoms with Crippen LogP contribution in [0.15, 0.2) is 6.20 Å². The van der Waals surface area contributed by atoms with Crippen molar-refractivity contribution in [2.24, 2.45) is 5.73 Å². The van der Waals surface area contributed by atoms with Crippen molar-refractivity contribution in [2.45, 2.75) is 19.9 Å². The van der Waals surface area contributed by atoms with Crippen molar-refractivity contribution < 1.29 is 0 Å². The second-order valence-corrected chi connectivity index (χ2v) is 3.83. The maximum Gasteiger partial charge on any atom is 0.212 e. The van der Waals surface area contributed by atoms with E-state index >= 15 is 0 Å². The summed E-state index contributed by atoms with van der Waals surface area (Å²) in [5.74, 6) is 0. The minimum absolute atomic E-state index is 0.00277. The fourth-order valence-electron chi connectivity index (χ4n) is 1.01. The summed E-state index contributed by atoms with van der Waals surface area (Å²) in [6.07, 6.45) is 1.90. The molecule has 0 aromatic carbocycles. The lowest BCUT2D eigenvalue weighted by atomic mass is 10.4. The Morgan fingerprint density at radius 3 is 3.00 bits per heavy atom. The maximum absolute atomic E-state index is 5.68. The van der Waals surface area contributed by atoms with E-state index < -0.39 is 0 Å². The Bertz CT molecular complexity index is 369. The number of imidazole rings is 1. The Balaban J connectivity index is 2.57. The predicted octanol–water partition coefficient (Wildman–Crippen LogP) is 1.12. The van der Waals surface area contributed by atoms with Gasteiger partial charge in [0, 0.05) is 0 Å². The molecule has 0 spiro atoms. The molecule has 1 atom stereocenters. The zero-order valence-electron chi connectivity index (χ0n) is 6.98. The molecule has 1 unspecified atom stereocenters. The highest BCUT2D eigenvalue weighted by Crippen LogP contribution is 2.18. The van der Waals surface area contributed by atoms with E-state index in [1.165, 1.54) is 0 Å². The van der Waals surface area contributed by atoms with Crippen LogP contribution in [0.5, 0.6) is 0 Å². The van der Waals surface area contributed by atoms with Gasteiger partial charge in [0.25, 0.3) is 0 Å². The average molecular weight is 182 g/mol. The molecule has 12 heavy (non-hydrogen) atoms. The monoisotopic (exact) mass is 182 g/mol. The van der Waals surface area contributed by atoms with Crippen LogP contribution >= 0.6 is 11.3 Å². The first-order valence-corrected chi connectivity index (χ1v) is 4.57.